The average Bonchev–Trinajstić information content (AvgIpc) is 2.91. The lowest BCUT2D eigenvalue weighted by Gasteiger charge is -2.34. The molecule has 0 spiro atoms. The predicted molar refractivity (Wildman–Crippen MR) is 151 cm³/mol. The maximum atomic E-state index is 14.8. The van der Waals surface area contributed by atoms with Crippen molar-refractivity contribution in [2.24, 2.45) is 0 Å². The number of nitrogens with zero attached hydrogens (tertiary/aromatic N) is 3. The second-order valence-electron chi connectivity index (χ2n) is 9.52. The third-order valence-corrected chi connectivity index (χ3v) is 8.27. The molecule has 39 heavy (non-hydrogen) atoms. The van der Waals surface area contributed by atoms with Crippen molar-refractivity contribution in [1.29, 1.82) is 0 Å². The highest BCUT2D eigenvalue weighted by Crippen LogP contribution is 2.26. The summed E-state index contributed by atoms with van der Waals surface area (Å²) in [6.45, 7) is 2.79. The zero-order valence-electron chi connectivity index (χ0n) is 22.9. The Morgan fingerprint density at radius 1 is 0.949 bits per heavy atom. The normalized spacial score (nSPS) is 12.2. The van der Waals surface area contributed by atoms with E-state index in [1.165, 1.54) is 44.2 Å². The molecule has 0 radical (unpaired) electrons. The van der Waals surface area contributed by atoms with Gasteiger partial charge in [-0.15, -0.1) is 0 Å². The minimum absolute atomic E-state index is 0.157. The third-order valence-electron chi connectivity index (χ3n) is 6.47. The molecule has 208 valence electrons. The zero-order valence-corrected chi connectivity index (χ0v) is 23.7. The molecule has 0 aliphatic carbocycles. The Labute approximate surface area is 230 Å². The lowest BCUT2D eigenvalue weighted by molar-refractivity contribution is -0.139. The van der Waals surface area contributed by atoms with Crippen LogP contribution in [0.15, 0.2) is 72.8 Å². The van der Waals surface area contributed by atoms with E-state index in [4.69, 9.17) is 0 Å². The van der Waals surface area contributed by atoms with Crippen LogP contribution >= 0.6 is 0 Å². The lowest BCUT2D eigenvalue weighted by atomic mass is 10.0. The van der Waals surface area contributed by atoms with E-state index < -0.39 is 40.4 Å². The molecule has 3 rings (SSSR count). The molecule has 0 aliphatic heterocycles. The fraction of sp³-hybridized carbons (Fsp3) is 0.310. The van der Waals surface area contributed by atoms with E-state index in [-0.39, 0.29) is 18.5 Å². The van der Waals surface area contributed by atoms with Crippen LogP contribution in [0.5, 0.6) is 0 Å². The van der Waals surface area contributed by atoms with E-state index >= 15 is 0 Å². The van der Waals surface area contributed by atoms with Gasteiger partial charge in [-0.2, -0.15) is 12.7 Å². The van der Waals surface area contributed by atoms with Crippen LogP contribution in [-0.4, -0.2) is 63.2 Å². The maximum Gasteiger partial charge on any atom is 0.304 e. The Morgan fingerprint density at radius 3 is 2.21 bits per heavy atom. The average molecular weight is 555 g/mol. The van der Waals surface area contributed by atoms with E-state index in [1.807, 2.05) is 43.3 Å². The second kappa shape index (κ2) is 12.9. The van der Waals surface area contributed by atoms with Crippen molar-refractivity contribution < 1.29 is 22.4 Å². The van der Waals surface area contributed by atoms with Crippen molar-refractivity contribution in [3.63, 3.8) is 0 Å². The van der Waals surface area contributed by atoms with Crippen molar-refractivity contribution in [2.75, 3.05) is 32.0 Å². The first-order valence-electron chi connectivity index (χ1n) is 12.5. The number of carbonyl (C=O) groups excluding carboxylic acids is 2. The van der Waals surface area contributed by atoms with Crippen LogP contribution < -0.4 is 9.62 Å². The first-order valence-corrected chi connectivity index (χ1v) is 13.9. The summed E-state index contributed by atoms with van der Waals surface area (Å²) >= 11 is 0. The minimum Gasteiger partial charge on any atom is -0.357 e. The fourth-order valence-corrected chi connectivity index (χ4v) is 5.33. The molecular weight excluding hydrogens is 519 g/mol. The number of halogens is 1. The van der Waals surface area contributed by atoms with Gasteiger partial charge in [-0.25, -0.2) is 8.70 Å². The third kappa shape index (κ3) is 7.21. The monoisotopic (exact) mass is 554 g/mol. The van der Waals surface area contributed by atoms with Gasteiger partial charge in [0.25, 0.3) is 0 Å². The van der Waals surface area contributed by atoms with Crippen LogP contribution in [0.25, 0.3) is 0 Å². The molecule has 1 N–H and O–H groups in total. The van der Waals surface area contributed by atoms with E-state index in [2.05, 4.69) is 5.32 Å². The number of aryl methyl sites for hydroxylation is 2. The minimum atomic E-state index is -4.11. The van der Waals surface area contributed by atoms with Crippen molar-refractivity contribution in [3.8, 4) is 0 Å². The van der Waals surface area contributed by atoms with E-state index in [9.17, 15) is 22.4 Å². The van der Waals surface area contributed by atoms with Gasteiger partial charge in [0.05, 0.1) is 5.69 Å². The van der Waals surface area contributed by atoms with Crippen LogP contribution in [0, 0.1) is 19.7 Å². The van der Waals surface area contributed by atoms with Gasteiger partial charge in [0.2, 0.25) is 11.8 Å². The number of amides is 2. The highest BCUT2D eigenvalue weighted by molar-refractivity contribution is 7.90. The Kier molecular flexibility index (Phi) is 9.82. The van der Waals surface area contributed by atoms with Crippen molar-refractivity contribution in [1.82, 2.24) is 14.5 Å². The molecule has 8 nitrogen and oxygen atoms in total. The number of nitrogens with one attached hydrogen (secondary N) is 1. The van der Waals surface area contributed by atoms with Crippen LogP contribution in [0.4, 0.5) is 10.1 Å². The number of hydrogen-bond acceptors (Lipinski definition) is 4. The summed E-state index contributed by atoms with van der Waals surface area (Å²) in [5, 5.41) is 2.60. The molecule has 0 saturated carbocycles. The number of rotatable bonds is 11. The first kappa shape index (κ1) is 29.8. The largest absolute Gasteiger partial charge is 0.357 e. The van der Waals surface area contributed by atoms with Crippen LogP contribution in [-0.2, 0) is 32.8 Å². The van der Waals surface area contributed by atoms with Gasteiger partial charge in [0.1, 0.15) is 18.4 Å². The maximum absolute atomic E-state index is 14.8. The fourth-order valence-electron chi connectivity index (χ4n) is 4.22. The molecule has 0 fully saturated rings. The Hall–Kier alpha value is -3.76. The molecule has 0 aromatic heterocycles. The van der Waals surface area contributed by atoms with Crippen LogP contribution in [0.3, 0.4) is 0 Å². The van der Waals surface area contributed by atoms with Crippen molar-refractivity contribution in [3.05, 3.63) is 101 Å². The molecule has 0 unspecified atom stereocenters. The molecule has 1 atom stereocenters. The topological polar surface area (TPSA) is 90.0 Å². The molecular formula is C29H35FN4O4S. The van der Waals surface area contributed by atoms with Crippen LogP contribution in [0.1, 0.15) is 22.3 Å². The Bertz CT molecular complexity index is 1410. The number of likely N-dealkylation sites (N-methyl/N-ethyl adjacent to an activating group) is 1. The van der Waals surface area contributed by atoms with Gasteiger partial charge in [0, 0.05) is 39.7 Å². The summed E-state index contributed by atoms with van der Waals surface area (Å²) in [6, 6.07) is 19.5. The van der Waals surface area contributed by atoms with E-state index in [0.29, 0.717) is 11.3 Å². The second-order valence-corrected chi connectivity index (χ2v) is 11.6. The van der Waals surface area contributed by atoms with E-state index in [1.54, 1.807) is 25.1 Å². The van der Waals surface area contributed by atoms with Gasteiger partial charge in [-0.05, 0) is 42.7 Å². The summed E-state index contributed by atoms with van der Waals surface area (Å²) in [7, 11) is 0.130. The summed E-state index contributed by atoms with van der Waals surface area (Å²) in [5.41, 5.74) is 2.83. The molecule has 0 saturated heterocycles. The van der Waals surface area contributed by atoms with Gasteiger partial charge in [0.15, 0.2) is 0 Å². The first-order chi connectivity index (χ1) is 18.4. The van der Waals surface area contributed by atoms with Gasteiger partial charge >= 0.3 is 10.2 Å². The van der Waals surface area contributed by atoms with Crippen molar-refractivity contribution >= 4 is 27.7 Å². The summed E-state index contributed by atoms with van der Waals surface area (Å²) in [6.07, 6.45) is 0.157. The Morgan fingerprint density at radius 2 is 1.59 bits per heavy atom. The quantitative estimate of drug-likeness (QED) is 0.393. The Balaban J connectivity index is 2.11. The van der Waals surface area contributed by atoms with Gasteiger partial charge < -0.3 is 10.2 Å². The summed E-state index contributed by atoms with van der Waals surface area (Å²) < 4.78 is 43.7. The molecule has 10 heteroatoms. The summed E-state index contributed by atoms with van der Waals surface area (Å²) in [5.74, 6) is -1.62. The number of benzene rings is 3. The van der Waals surface area contributed by atoms with Crippen LogP contribution in [0.2, 0.25) is 0 Å². The van der Waals surface area contributed by atoms with E-state index in [0.717, 1.165) is 19.7 Å². The number of hydrogen-bond donors (Lipinski definition) is 1. The van der Waals surface area contributed by atoms with Gasteiger partial charge in [-0.3, -0.25) is 9.59 Å². The molecule has 0 bridgehead atoms. The number of carbonyl (C=O) groups is 2. The smallest absolute Gasteiger partial charge is 0.304 e. The highest BCUT2D eigenvalue weighted by atomic mass is 32.2. The molecule has 2 amide bonds. The zero-order chi connectivity index (χ0) is 28.7. The SMILES string of the molecule is CNC(=O)[C@H](Cc1ccccc1)N(Cc1ccccc1F)C(=O)CN(c1cc(C)ccc1C)S(=O)(=O)N(C)C. The molecule has 0 heterocycles. The highest BCUT2D eigenvalue weighted by Gasteiger charge is 2.35. The standard InChI is InChI=1S/C29H35FN4O4S/c1-21-15-16-22(2)26(17-21)34(39(37,38)32(4)5)20-28(35)33(19-24-13-9-10-14-25(24)30)27(29(36)31-3)18-23-11-7-6-8-12-23/h6-17,27H,18-20H2,1-5H3,(H,31,36)/t27-/m0/s1. The molecule has 0 aliphatic rings. The lowest BCUT2D eigenvalue weighted by Crippen LogP contribution is -2.54. The summed E-state index contributed by atoms with van der Waals surface area (Å²) in [4.78, 5) is 28.5. The van der Waals surface area contributed by atoms with Crippen molar-refractivity contribution in [2.45, 2.75) is 32.9 Å². The van der Waals surface area contributed by atoms with Gasteiger partial charge in [-0.1, -0.05) is 60.7 Å². The molecule has 3 aromatic carbocycles. The predicted octanol–water partition coefficient (Wildman–Crippen LogP) is 3.44. The molecule has 3 aromatic rings. The number of anilines is 1.